The van der Waals surface area contributed by atoms with Crippen LogP contribution in [0, 0.1) is 5.41 Å². The second kappa shape index (κ2) is 8.21. The third kappa shape index (κ3) is 3.70. The van der Waals surface area contributed by atoms with Crippen molar-refractivity contribution in [2.45, 2.75) is 19.8 Å². The summed E-state index contributed by atoms with van der Waals surface area (Å²) in [6.45, 7) is 2.07. The highest BCUT2D eigenvalue weighted by atomic mass is 16.5. The Bertz CT molecular complexity index is 965. The van der Waals surface area contributed by atoms with Crippen molar-refractivity contribution in [1.82, 2.24) is 4.98 Å². The number of ether oxygens (including phenoxy) is 1. The molecule has 0 aliphatic carbocycles. The summed E-state index contributed by atoms with van der Waals surface area (Å²) in [7, 11) is 0. The molecule has 0 amide bonds. The number of esters is 1. The summed E-state index contributed by atoms with van der Waals surface area (Å²) in [6, 6.07) is 15.1. The molecule has 0 radical (unpaired) electrons. The molecule has 0 atom stereocenters. The fourth-order valence-corrected chi connectivity index (χ4v) is 2.79. The molecule has 130 valence electrons. The monoisotopic (exact) mass is 344 g/mol. The zero-order chi connectivity index (χ0) is 18.4. The third-order valence-corrected chi connectivity index (χ3v) is 3.99. The number of aromatic nitrogens is 1. The van der Waals surface area contributed by atoms with E-state index in [0.29, 0.717) is 11.3 Å². The lowest BCUT2D eigenvalue weighted by atomic mass is 10.0. The zero-order valence-corrected chi connectivity index (χ0v) is 14.6. The van der Waals surface area contributed by atoms with Crippen molar-refractivity contribution < 1.29 is 9.53 Å². The highest BCUT2D eigenvalue weighted by molar-refractivity contribution is 6.14. The number of fused-ring (bicyclic) bond motifs is 2. The summed E-state index contributed by atoms with van der Waals surface area (Å²) < 4.78 is 5.60. The normalized spacial score (nSPS) is 12.0. The second-order valence-electron chi connectivity index (χ2n) is 5.84. The molecule has 4 heteroatoms. The van der Waals surface area contributed by atoms with Crippen LogP contribution in [0.1, 0.15) is 30.1 Å². The van der Waals surface area contributed by atoms with E-state index in [9.17, 15) is 4.79 Å². The lowest BCUT2D eigenvalue weighted by molar-refractivity contribution is 0.0642. The number of allylic oxidation sites excluding steroid dienone is 3. The van der Waals surface area contributed by atoms with Crippen LogP contribution in [0.15, 0.2) is 72.5 Å². The molecule has 1 heterocycles. The van der Waals surface area contributed by atoms with Gasteiger partial charge in [0, 0.05) is 17.0 Å². The van der Waals surface area contributed by atoms with Crippen LogP contribution >= 0.6 is 0 Å². The highest BCUT2D eigenvalue weighted by Crippen LogP contribution is 2.27. The Labute approximate surface area is 152 Å². The average Bonchev–Trinajstić information content (AvgIpc) is 2.66. The smallest absolute Gasteiger partial charge is 0.344 e. The largest absolute Gasteiger partial charge is 0.423 e. The average molecular weight is 344 g/mol. The minimum atomic E-state index is -0.450. The molecule has 0 aliphatic rings. The van der Waals surface area contributed by atoms with Crippen LogP contribution in [0.3, 0.4) is 0 Å². The van der Waals surface area contributed by atoms with E-state index in [1.165, 1.54) is 6.08 Å². The Balaban J connectivity index is 2.08. The van der Waals surface area contributed by atoms with Gasteiger partial charge in [0.2, 0.25) is 0 Å². The van der Waals surface area contributed by atoms with Gasteiger partial charge in [-0.15, -0.1) is 0 Å². The Morgan fingerprint density at radius 2 is 1.69 bits per heavy atom. The number of nitrogens with zero attached hydrogens (tertiary/aromatic N) is 1. The van der Waals surface area contributed by atoms with Crippen molar-refractivity contribution in [2.75, 3.05) is 0 Å². The zero-order valence-electron chi connectivity index (χ0n) is 14.6. The molecule has 0 unspecified atom stereocenters. The molecule has 3 rings (SSSR count). The molecule has 0 aliphatic heterocycles. The minimum absolute atomic E-state index is 0.350. The standard InChI is InChI=1S/C22H20N2O2/c1-2-3-4-9-16(14-15-23)26-22(25)21-17-10-5-7-12-19(17)24-20-13-8-6-11-18(20)21/h4-15,23H,2-3H2,1H3/b9-4-,16-14+,23-15?. The maximum Gasteiger partial charge on any atom is 0.344 e. The number of hydrogen-bond acceptors (Lipinski definition) is 4. The van der Waals surface area contributed by atoms with Gasteiger partial charge in [-0.2, -0.15) is 0 Å². The van der Waals surface area contributed by atoms with Gasteiger partial charge in [-0.25, -0.2) is 9.78 Å². The fraction of sp³-hybridized carbons (Fsp3) is 0.136. The van der Waals surface area contributed by atoms with Crippen LogP contribution in [0.2, 0.25) is 0 Å². The van der Waals surface area contributed by atoms with Crippen LogP contribution in [-0.4, -0.2) is 17.2 Å². The Morgan fingerprint density at radius 1 is 1.08 bits per heavy atom. The number of unbranched alkanes of at least 4 members (excludes halogenated alkanes) is 1. The first-order valence-corrected chi connectivity index (χ1v) is 8.61. The summed E-state index contributed by atoms with van der Waals surface area (Å²) >= 11 is 0. The van der Waals surface area contributed by atoms with Crippen molar-refractivity contribution in [3.05, 3.63) is 78.1 Å². The van der Waals surface area contributed by atoms with Gasteiger partial charge in [0.25, 0.3) is 0 Å². The van der Waals surface area contributed by atoms with E-state index < -0.39 is 5.97 Å². The molecule has 0 saturated heterocycles. The number of benzene rings is 2. The first-order valence-electron chi connectivity index (χ1n) is 8.61. The second-order valence-corrected chi connectivity index (χ2v) is 5.84. The van der Waals surface area contributed by atoms with Crippen LogP contribution in [0.25, 0.3) is 21.8 Å². The fourth-order valence-electron chi connectivity index (χ4n) is 2.79. The molecule has 0 fully saturated rings. The minimum Gasteiger partial charge on any atom is -0.423 e. The molecule has 2 aromatic carbocycles. The van der Waals surface area contributed by atoms with Crippen molar-refractivity contribution >= 4 is 34.0 Å². The van der Waals surface area contributed by atoms with E-state index >= 15 is 0 Å². The number of carbonyl (C=O) groups excluding carboxylic acids is 1. The van der Waals surface area contributed by atoms with Crippen LogP contribution in [0.4, 0.5) is 0 Å². The summed E-state index contributed by atoms with van der Waals surface area (Å²) in [4.78, 5) is 17.6. The van der Waals surface area contributed by atoms with Gasteiger partial charge in [-0.3, -0.25) is 0 Å². The van der Waals surface area contributed by atoms with Crippen molar-refractivity contribution in [1.29, 1.82) is 5.41 Å². The highest BCUT2D eigenvalue weighted by Gasteiger charge is 2.18. The lowest BCUT2D eigenvalue weighted by Gasteiger charge is -2.11. The van der Waals surface area contributed by atoms with Gasteiger partial charge in [-0.1, -0.05) is 55.8 Å². The summed E-state index contributed by atoms with van der Waals surface area (Å²) in [5, 5.41) is 8.79. The molecule has 0 bridgehead atoms. The number of hydrogen-bond donors (Lipinski definition) is 1. The molecular formula is C22H20N2O2. The molecule has 26 heavy (non-hydrogen) atoms. The number of para-hydroxylation sites is 2. The van der Waals surface area contributed by atoms with Gasteiger partial charge < -0.3 is 10.1 Å². The van der Waals surface area contributed by atoms with E-state index in [1.54, 1.807) is 6.08 Å². The molecule has 3 aromatic rings. The van der Waals surface area contributed by atoms with E-state index in [-0.39, 0.29) is 0 Å². The predicted molar refractivity (Wildman–Crippen MR) is 106 cm³/mol. The van der Waals surface area contributed by atoms with Crippen LogP contribution in [-0.2, 0) is 4.74 Å². The molecule has 1 N–H and O–H groups in total. The topological polar surface area (TPSA) is 63.0 Å². The SMILES string of the molecule is CCC/C=C\C(=C/C=N)OC(=O)c1c2ccccc2nc2ccccc12. The number of carbonyl (C=O) groups is 1. The van der Waals surface area contributed by atoms with Crippen LogP contribution < -0.4 is 0 Å². The summed E-state index contributed by atoms with van der Waals surface area (Å²) in [5.41, 5.74) is 1.99. The first kappa shape index (κ1) is 17.5. The Morgan fingerprint density at radius 3 is 2.27 bits per heavy atom. The number of nitrogens with one attached hydrogen (secondary N) is 1. The van der Waals surface area contributed by atoms with Crippen molar-refractivity contribution in [3.63, 3.8) is 0 Å². The molecular weight excluding hydrogens is 324 g/mol. The van der Waals surface area contributed by atoms with Gasteiger partial charge in [-0.05, 0) is 30.7 Å². The van der Waals surface area contributed by atoms with Gasteiger partial charge in [0.15, 0.2) is 0 Å². The molecule has 0 spiro atoms. The molecule has 4 nitrogen and oxygen atoms in total. The molecule has 0 saturated carbocycles. The van der Waals surface area contributed by atoms with Gasteiger partial charge >= 0.3 is 5.97 Å². The van der Waals surface area contributed by atoms with Crippen molar-refractivity contribution in [2.24, 2.45) is 0 Å². The van der Waals surface area contributed by atoms with E-state index in [4.69, 9.17) is 10.1 Å². The van der Waals surface area contributed by atoms with Crippen LogP contribution in [0.5, 0.6) is 0 Å². The molecule has 1 aromatic heterocycles. The van der Waals surface area contributed by atoms with E-state index in [0.717, 1.165) is 40.9 Å². The number of pyridine rings is 1. The third-order valence-electron chi connectivity index (χ3n) is 3.99. The Hall–Kier alpha value is -3.27. The Kier molecular flexibility index (Phi) is 5.54. The summed E-state index contributed by atoms with van der Waals surface area (Å²) in [5.74, 6) is -0.0996. The van der Waals surface area contributed by atoms with Gasteiger partial charge in [0.1, 0.15) is 5.76 Å². The van der Waals surface area contributed by atoms with Crippen molar-refractivity contribution in [3.8, 4) is 0 Å². The first-order chi connectivity index (χ1) is 12.7. The van der Waals surface area contributed by atoms with E-state index in [1.807, 2.05) is 54.6 Å². The lowest BCUT2D eigenvalue weighted by Crippen LogP contribution is -2.07. The summed E-state index contributed by atoms with van der Waals surface area (Å²) in [6.07, 6.45) is 8.14. The maximum absolute atomic E-state index is 13.0. The predicted octanol–water partition coefficient (Wildman–Crippen LogP) is 5.43. The van der Waals surface area contributed by atoms with Gasteiger partial charge in [0.05, 0.1) is 16.6 Å². The maximum atomic E-state index is 13.0. The van der Waals surface area contributed by atoms with E-state index in [2.05, 4.69) is 11.9 Å². The number of rotatable bonds is 6. The quantitative estimate of drug-likeness (QED) is 0.213.